The number of carbonyl (C=O) groups excluding carboxylic acids is 1. The summed E-state index contributed by atoms with van der Waals surface area (Å²) in [4.78, 5) is 12.2. The van der Waals surface area contributed by atoms with E-state index in [4.69, 9.17) is 14.2 Å². The van der Waals surface area contributed by atoms with Gasteiger partial charge < -0.3 is 24.8 Å². The highest BCUT2D eigenvalue weighted by molar-refractivity contribution is 5.85. The first-order valence-electron chi connectivity index (χ1n) is 7.49. The maximum Gasteiger partial charge on any atom is 0.237 e. The van der Waals surface area contributed by atoms with Gasteiger partial charge in [-0.2, -0.15) is 0 Å². The van der Waals surface area contributed by atoms with E-state index in [9.17, 15) is 4.79 Å². The van der Waals surface area contributed by atoms with Crippen molar-refractivity contribution in [3.63, 3.8) is 0 Å². The summed E-state index contributed by atoms with van der Waals surface area (Å²) in [5.74, 6) is 1.90. The molecule has 0 radical (unpaired) electrons. The second kappa shape index (κ2) is 9.47. The van der Waals surface area contributed by atoms with Crippen LogP contribution in [0.4, 0.5) is 0 Å². The fourth-order valence-electron chi connectivity index (χ4n) is 2.61. The van der Waals surface area contributed by atoms with E-state index in [1.165, 1.54) is 0 Å². The molecular weight excluding hydrogens is 320 g/mol. The number of amides is 1. The van der Waals surface area contributed by atoms with E-state index in [-0.39, 0.29) is 24.4 Å². The third-order valence-corrected chi connectivity index (χ3v) is 3.87. The molecule has 0 aliphatic carbocycles. The van der Waals surface area contributed by atoms with Crippen molar-refractivity contribution in [3.8, 4) is 17.2 Å². The van der Waals surface area contributed by atoms with Crippen molar-refractivity contribution in [1.29, 1.82) is 0 Å². The Balaban J connectivity index is 0.00000264. The van der Waals surface area contributed by atoms with Crippen molar-refractivity contribution >= 4 is 18.3 Å². The van der Waals surface area contributed by atoms with Crippen molar-refractivity contribution < 1.29 is 19.0 Å². The molecule has 23 heavy (non-hydrogen) atoms. The van der Waals surface area contributed by atoms with E-state index < -0.39 is 0 Å². The number of methoxy groups -OCH3 is 3. The van der Waals surface area contributed by atoms with Crippen LogP contribution in [0, 0.1) is 0 Å². The van der Waals surface area contributed by atoms with Gasteiger partial charge in [-0.25, -0.2) is 0 Å². The lowest BCUT2D eigenvalue weighted by molar-refractivity contribution is -0.123. The molecule has 1 atom stereocenters. The Morgan fingerprint density at radius 3 is 2.35 bits per heavy atom. The maximum absolute atomic E-state index is 12.2. The van der Waals surface area contributed by atoms with Gasteiger partial charge in [0.25, 0.3) is 0 Å². The van der Waals surface area contributed by atoms with Gasteiger partial charge in [-0.05, 0) is 25.5 Å². The lowest BCUT2D eigenvalue weighted by Gasteiger charge is -2.23. The molecule has 2 N–H and O–H groups in total. The highest BCUT2D eigenvalue weighted by Crippen LogP contribution is 2.34. The third kappa shape index (κ3) is 4.91. The van der Waals surface area contributed by atoms with Crippen LogP contribution in [0.15, 0.2) is 12.1 Å². The SMILES string of the molecule is COc1cc(OC)c(OC)cc1CNC(=O)[C@@H]1CCCCN1.Cl. The zero-order valence-corrected chi connectivity index (χ0v) is 14.6. The van der Waals surface area contributed by atoms with Crippen molar-refractivity contribution in [2.45, 2.75) is 31.8 Å². The van der Waals surface area contributed by atoms with Gasteiger partial charge in [0, 0.05) is 18.2 Å². The standard InChI is InChI=1S/C16H24N2O4.ClH/c1-20-13-9-15(22-3)14(21-2)8-11(13)10-18-16(19)12-6-4-5-7-17-12;/h8-9,12,17H,4-7,10H2,1-3H3,(H,18,19);1H/t12-;/m0./s1. The first-order valence-corrected chi connectivity index (χ1v) is 7.49. The molecule has 1 fully saturated rings. The van der Waals surface area contributed by atoms with E-state index in [2.05, 4.69) is 10.6 Å². The molecule has 0 spiro atoms. The van der Waals surface area contributed by atoms with Crippen LogP contribution in [-0.2, 0) is 11.3 Å². The van der Waals surface area contributed by atoms with E-state index in [0.717, 1.165) is 31.4 Å². The summed E-state index contributed by atoms with van der Waals surface area (Å²) >= 11 is 0. The predicted octanol–water partition coefficient (Wildman–Crippen LogP) is 1.89. The number of piperidine rings is 1. The van der Waals surface area contributed by atoms with Crippen LogP contribution in [0.25, 0.3) is 0 Å². The molecule has 1 amide bonds. The Bertz CT molecular complexity index is 519. The molecule has 1 aromatic rings. The summed E-state index contributed by atoms with van der Waals surface area (Å²) in [6.45, 7) is 1.29. The van der Waals surface area contributed by atoms with Gasteiger partial charge in [0.2, 0.25) is 5.91 Å². The van der Waals surface area contributed by atoms with Gasteiger partial charge in [0.15, 0.2) is 11.5 Å². The summed E-state index contributed by atoms with van der Waals surface area (Å²) in [5.41, 5.74) is 0.851. The molecule has 1 heterocycles. The monoisotopic (exact) mass is 344 g/mol. The van der Waals surface area contributed by atoms with Gasteiger partial charge in [-0.3, -0.25) is 4.79 Å². The molecule has 130 valence electrons. The van der Waals surface area contributed by atoms with Gasteiger partial charge in [-0.1, -0.05) is 6.42 Å². The molecule has 0 bridgehead atoms. The Hall–Kier alpha value is -1.66. The molecule has 6 nitrogen and oxygen atoms in total. The van der Waals surface area contributed by atoms with E-state index >= 15 is 0 Å². The van der Waals surface area contributed by atoms with Crippen LogP contribution in [0.1, 0.15) is 24.8 Å². The molecule has 2 rings (SSSR count). The van der Waals surface area contributed by atoms with Crippen molar-refractivity contribution in [2.75, 3.05) is 27.9 Å². The normalized spacial score (nSPS) is 16.9. The fraction of sp³-hybridized carbons (Fsp3) is 0.562. The molecule has 0 saturated carbocycles. The van der Waals surface area contributed by atoms with Crippen LogP contribution in [-0.4, -0.2) is 39.8 Å². The van der Waals surface area contributed by atoms with Gasteiger partial charge >= 0.3 is 0 Å². The molecule has 0 aromatic heterocycles. The van der Waals surface area contributed by atoms with Crippen molar-refractivity contribution in [1.82, 2.24) is 10.6 Å². The zero-order valence-electron chi connectivity index (χ0n) is 13.8. The third-order valence-electron chi connectivity index (χ3n) is 3.87. The van der Waals surface area contributed by atoms with Crippen molar-refractivity contribution in [2.24, 2.45) is 0 Å². The Morgan fingerprint density at radius 2 is 1.78 bits per heavy atom. The Morgan fingerprint density at radius 1 is 1.13 bits per heavy atom. The largest absolute Gasteiger partial charge is 0.496 e. The quantitative estimate of drug-likeness (QED) is 0.824. The van der Waals surface area contributed by atoms with Gasteiger partial charge in [-0.15, -0.1) is 12.4 Å². The van der Waals surface area contributed by atoms with Crippen LogP contribution >= 0.6 is 12.4 Å². The molecular formula is C16H25ClN2O4. The highest BCUT2D eigenvalue weighted by atomic mass is 35.5. The van der Waals surface area contributed by atoms with E-state index in [0.29, 0.717) is 23.8 Å². The van der Waals surface area contributed by atoms with Crippen LogP contribution < -0.4 is 24.8 Å². The minimum Gasteiger partial charge on any atom is -0.496 e. The Labute approximate surface area is 143 Å². The number of rotatable bonds is 6. The van der Waals surface area contributed by atoms with Gasteiger partial charge in [0.1, 0.15) is 5.75 Å². The van der Waals surface area contributed by atoms with Crippen LogP contribution in [0.5, 0.6) is 17.2 Å². The molecule has 1 aliphatic heterocycles. The topological polar surface area (TPSA) is 68.8 Å². The summed E-state index contributed by atoms with van der Waals surface area (Å²) in [6, 6.07) is 3.49. The molecule has 7 heteroatoms. The molecule has 0 unspecified atom stereocenters. The van der Waals surface area contributed by atoms with Gasteiger partial charge in [0.05, 0.1) is 27.4 Å². The maximum atomic E-state index is 12.2. The first kappa shape index (κ1) is 19.4. The van der Waals surface area contributed by atoms with Crippen molar-refractivity contribution in [3.05, 3.63) is 17.7 Å². The number of benzene rings is 1. The number of nitrogens with one attached hydrogen (secondary N) is 2. The highest BCUT2D eigenvalue weighted by Gasteiger charge is 2.20. The lowest BCUT2D eigenvalue weighted by atomic mass is 10.0. The number of halogens is 1. The first-order chi connectivity index (χ1) is 10.7. The fourth-order valence-corrected chi connectivity index (χ4v) is 2.61. The second-order valence-corrected chi connectivity index (χ2v) is 5.24. The lowest BCUT2D eigenvalue weighted by Crippen LogP contribution is -2.46. The minimum atomic E-state index is -0.0973. The predicted molar refractivity (Wildman–Crippen MR) is 90.8 cm³/mol. The average Bonchev–Trinajstić information content (AvgIpc) is 2.59. The summed E-state index contributed by atoms with van der Waals surface area (Å²) in [7, 11) is 4.75. The number of ether oxygens (including phenoxy) is 3. The summed E-state index contributed by atoms with van der Waals surface area (Å²) in [5, 5.41) is 6.19. The molecule has 1 aromatic carbocycles. The molecule has 1 saturated heterocycles. The number of carbonyl (C=O) groups is 1. The summed E-state index contributed by atoms with van der Waals surface area (Å²) in [6.07, 6.45) is 3.10. The Kier molecular flexibility index (Phi) is 7.98. The number of hydrogen-bond acceptors (Lipinski definition) is 5. The minimum absolute atomic E-state index is 0. The average molecular weight is 345 g/mol. The van der Waals surface area contributed by atoms with Crippen LogP contribution in [0.2, 0.25) is 0 Å². The molecule has 1 aliphatic rings. The van der Waals surface area contributed by atoms with Crippen LogP contribution in [0.3, 0.4) is 0 Å². The second-order valence-electron chi connectivity index (χ2n) is 5.24. The number of hydrogen-bond donors (Lipinski definition) is 2. The smallest absolute Gasteiger partial charge is 0.237 e. The van der Waals surface area contributed by atoms with E-state index in [1.54, 1.807) is 27.4 Å². The summed E-state index contributed by atoms with van der Waals surface area (Å²) < 4.78 is 15.9. The zero-order chi connectivity index (χ0) is 15.9. The van der Waals surface area contributed by atoms with E-state index in [1.807, 2.05) is 6.07 Å².